The van der Waals surface area contributed by atoms with Crippen LogP contribution in [-0.2, 0) is 22.4 Å². The highest BCUT2D eigenvalue weighted by molar-refractivity contribution is 5.88. The first-order valence-electron chi connectivity index (χ1n) is 9.36. The summed E-state index contributed by atoms with van der Waals surface area (Å²) in [6, 6.07) is 2.59. The second-order valence-electron chi connectivity index (χ2n) is 8.05. The highest BCUT2D eigenvalue weighted by atomic mass is 16.6. The number of fused-ring (bicyclic) bond motifs is 3. The van der Waals surface area contributed by atoms with Crippen molar-refractivity contribution in [2.45, 2.75) is 65.5 Å². The zero-order chi connectivity index (χ0) is 20.6. The molecule has 0 fully saturated rings. The molecule has 150 valence electrons. The van der Waals surface area contributed by atoms with Crippen molar-refractivity contribution in [3.63, 3.8) is 0 Å². The van der Waals surface area contributed by atoms with Gasteiger partial charge in [0.15, 0.2) is 0 Å². The van der Waals surface area contributed by atoms with E-state index in [0.29, 0.717) is 11.1 Å². The fourth-order valence-electron chi connectivity index (χ4n) is 3.31. The summed E-state index contributed by atoms with van der Waals surface area (Å²) in [5.74, 6) is -0.353. The lowest BCUT2D eigenvalue weighted by Crippen LogP contribution is -2.43. The molecule has 0 saturated heterocycles. The minimum absolute atomic E-state index is 0.288. The molecule has 0 aliphatic heterocycles. The summed E-state index contributed by atoms with van der Waals surface area (Å²) < 4.78 is 16.1. The Balaban J connectivity index is 1.80. The van der Waals surface area contributed by atoms with E-state index in [1.54, 1.807) is 33.8 Å². The Labute approximate surface area is 163 Å². The molecule has 7 nitrogen and oxygen atoms in total. The van der Waals surface area contributed by atoms with Gasteiger partial charge in [-0.2, -0.15) is 0 Å². The number of benzene rings is 1. The first-order chi connectivity index (χ1) is 13.1. The fraction of sp³-hybridized carbons (Fsp3) is 0.476. The topological polar surface area (TPSA) is 94.8 Å². The van der Waals surface area contributed by atoms with Crippen molar-refractivity contribution in [1.29, 1.82) is 0 Å². The minimum atomic E-state index is -0.906. The van der Waals surface area contributed by atoms with Crippen molar-refractivity contribution in [1.82, 2.24) is 5.32 Å². The number of amides is 1. The number of aryl methyl sites for hydroxylation is 2. The molecule has 1 N–H and O–H groups in total. The first-order valence-corrected chi connectivity index (χ1v) is 9.36. The number of carbonyl (C=O) groups excluding carboxylic acids is 2. The van der Waals surface area contributed by atoms with Gasteiger partial charge in [-0.1, -0.05) is 0 Å². The molecule has 1 atom stereocenters. The standard InChI is InChI=1S/C21H25NO6/c1-11-16(26-18(23)12(2)22-20(25)28-21(3,4)5)10-9-14-13-7-6-8-15(13)19(24)27-17(11)14/h9-10,12H,6-8H2,1-5H3,(H,22,25)/t12-/m1/s1. The predicted octanol–water partition coefficient (Wildman–Crippen LogP) is 3.41. The number of carbonyl (C=O) groups is 2. The van der Waals surface area contributed by atoms with Gasteiger partial charge in [0.25, 0.3) is 0 Å². The van der Waals surface area contributed by atoms with E-state index in [2.05, 4.69) is 5.32 Å². The summed E-state index contributed by atoms with van der Waals surface area (Å²) in [4.78, 5) is 36.4. The summed E-state index contributed by atoms with van der Waals surface area (Å²) in [7, 11) is 0. The molecule has 3 rings (SSSR count). The van der Waals surface area contributed by atoms with Gasteiger partial charge in [0, 0.05) is 16.5 Å². The molecule has 0 unspecified atom stereocenters. The molecule has 1 aliphatic rings. The van der Waals surface area contributed by atoms with Crippen LogP contribution in [0.25, 0.3) is 11.0 Å². The third kappa shape index (κ3) is 4.03. The van der Waals surface area contributed by atoms with E-state index in [9.17, 15) is 14.4 Å². The quantitative estimate of drug-likeness (QED) is 0.493. The Morgan fingerprint density at radius 2 is 1.86 bits per heavy atom. The first kappa shape index (κ1) is 19.9. The molecule has 28 heavy (non-hydrogen) atoms. The molecule has 1 heterocycles. The van der Waals surface area contributed by atoms with Crippen molar-refractivity contribution in [3.8, 4) is 5.75 Å². The number of hydrogen-bond donors (Lipinski definition) is 1. The predicted molar refractivity (Wildman–Crippen MR) is 104 cm³/mol. The van der Waals surface area contributed by atoms with Gasteiger partial charge in [-0.3, -0.25) is 0 Å². The van der Waals surface area contributed by atoms with E-state index < -0.39 is 23.7 Å². The van der Waals surface area contributed by atoms with Crippen LogP contribution in [0.1, 0.15) is 50.8 Å². The van der Waals surface area contributed by atoms with Gasteiger partial charge in [0.05, 0.1) is 0 Å². The number of nitrogens with one attached hydrogen (secondary N) is 1. The maximum Gasteiger partial charge on any atom is 0.408 e. The molecule has 0 saturated carbocycles. The van der Waals surface area contributed by atoms with E-state index in [0.717, 1.165) is 35.8 Å². The Morgan fingerprint density at radius 3 is 2.54 bits per heavy atom. The van der Waals surface area contributed by atoms with Crippen LogP contribution >= 0.6 is 0 Å². The number of rotatable bonds is 3. The summed E-state index contributed by atoms with van der Waals surface area (Å²) in [5, 5.41) is 3.33. The van der Waals surface area contributed by atoms with Crippen LogP contribution in [0.3, 0.4) is 0 Å². The van der Waals surface area contributed by atoms with Crippen molar-refractivity contribution in [2.75, 3.05) is 0 Å². The second-order valence-corrected chi connectivity index (χ2v) is 8.05. The third-order valence-corrected chi connectivity index (χ3v) is 4.64. The maximum atomic E-state index is 12.4. The van der Waals surface area contributed by atoms with Gasteiger partial charge < -0.3 is 19.2 Å². The number of ether oxygens (including phenoxy) is 2. The largest absolute Gasteiger partial charge is 0.444 e. The minimum Gasteiger partial charge on any atom is -0.444 e. The van der Waals surface area contributed by atoms with E-state index in [1.165, 1.54) is 6.92 Å². The molecule has 0 spiro atoms. The van der Waals surface area contributed by atoms with Gasteiger partial charge in [0.2, 0.25) is 0 Å². The van der Waals surface area contributed by atoms with Crippen LogP contribution in [0.4, 0.5) is 4.79 Å². The van der Waals surface area contributed by atoms with Crippen molar-refractivity contribution >= 4 is 23.0 Å². The summed E-state index contributed by atoms with van der Waals surface area (Å²) in [6.07, 6.45) is 1.81. The summed E-state index contributed by atoms with van der Waals surface area (Å²) in [5.41, 5.74) is 1.77. The van der Waals surface area contributed by atoms with Gasteiger partial charge in [-0.25, -0.2) is 14.4 Å². The van der Waals surface area contributed by atoms with Crippen LogP contribution < -0.4 is 15.7 Å². The molecule has 0 radical (unpaired) electrons. The lowest BCUT2D eigenvalue weighted by Gasteiger charge is -2.21. The number of esters is 1. The van der Waals surface area contributed by atoms with Crippen LogP contribution in [-0.4, -0.2) is 23.7 Å². The zero-order valence-corrected chi connectivity index (χ0v) is 16.8. The molecule has 1 amide bonds. The smallest absolute Gasteiger partial charge is 0.408 e. The monoisotopic (exact) mass is 387 g/mol. The molecule has 2 aromatic rings. The highest BCUT2D eigenvalue weighted by Gasteiger charge is 2.25. The van der Waals surface area contributed by atoms with Crippen molar-refractivity contribution in [3.05, 3.63) is 39.2 Å². The molecule has 0 bridgehead atoms. The number of alkyl carbamates (subject to hydrolysis) is 1. The maximum absolute atomic E-state index is 12.4. The third-order valence-electron chi connectivity index (χ3n) is 4.64. The highest BCUT2D eigenvalue weighted by Crippen LogP contribution is 2.33. The average Bonchev–Trinajstić information content (AvgIpc) is 3.06. The molecule has 1 aliphatic carbocycles. The summed E-state index contributed by atoms with van der Waals surface area (Å²) in [6.45, 7) is 8.45. The average molecular weight is 387 g/mol. The molecule has 1 aromatic carbocycles. The van der Waals surface area contributed by atoms with E-state index in [1.807, 2.05) is 6.07 Å². The summed E-state index contributed by atoms with van der Waals surface area (Å²) >= 11 is 0. The van der Waals surface area contributed by atoms with Crippen LogP contribution in [0, 0.1) is 6.92 Å². The lowest BCUT2D eigenvalue weighted by atomic mass is 10.0. The van der Waals surface area contributed by atoms with Gasteiger partial charge in [-0.15, -0.1) is 0 Å². The van der Waals surface area contributed by atoms with E-state index >= 15 is 0 Å². The van der Waals surface area contributed by atoms with E-state index in [4.69, 9.17) is 13.9 Å². The molecule has 1 aromatic heterocycles. The van der Waals surface area contributed by atoms with Gasteiger partial charge in [0.1, 0.15) is 23.0 Å². The fourth-order valence-corrected chi connectivity index (χ4v) is 3.31. The van der Waals surface area contributed by atoms with Crippen LogP contribution in [0.15, 0.2) is 21.3 Å². The Hall–Kier alpha value is -2.83. The van der Waals surface area contributed by atoms with Gasteiger partial charge in [-0.05, 0) is 71.6 Å². The Morgan fingerprint density at radius 1 is 1.18 bits per heavy atom. The number of hydrogen-bond acceptors (Lipinski definition) is 6. The molecular formula is C21H25NO6. The Bertz CT molecular complexity index is 999. The normalized spacial score (nSPS) is 14.5. The molecule has 7 heteroatoms. The second kappa shape index (κ2) is 7.30. The van der Waals surface area contributed by atoms with Crippen LogP contribution in [0.5, 0.6) is 5.75 Å². The Kier molecular flexibility index (Phi) is 5.19. The SMILES string of the molecule is Cc1c(OC(=O)[C@@H](C)NC(=O)OC(C)(C)C)ccc2c3c(c(=O)oc12)CCC3. The van der Waals surface area contributed by atoms with Crippen molar-refractivity contribution in [2.24, 2.45) is 0 Å². The van der Waals surface area contributed by atoms with Crippen molar-refractivity contribution < 1.29 is 23.5 Å². The van der Waals surface area contributed by atoms with E-state index in [-0.39, 0.29) is 11.4 Å². The molecular weight excluding hydrogens is 362 g/mol. The zero-order valence-electron chi connectivity index (χ0n) is 16.8. The van der Waals surface area contributed by atoms with Crippen LogP contribution in [0.2, 0.25) is 0 Å². The van der Waals surface area contributed by atoms with Gasteiger partial charge >= 0.3 is 17.7 Å². The lowest BCUT2D eigenvalue weighted by molar-refractivity contribution is -0.136.